The van der Waals surface area contributed by atoms with E-state index in [1.54, 1.807) is 11.8 Å². The Kier molecular flexibility index (Phi) is 5.33. The molecule has 14 heavy (non-hydrogen) atoms. The molecule has 1 heterocycles. The molecule has 0 radical (unpaired) electrons. The molecule has 1 saturated heterocycles. The van der Waals surface area contributed by atoms with Crippen LogP contribution in [0.1, 0.15) is 13.8 Å². The van der Waals surface area contributed by atoms with Gasteiger partial charge in [0, 0.05) is 13.1 Å². The number of rotatable bonds is 4. The molecule has 1 fully saturated rings. The fourth-order valence-electron chi connectivity index (χ4n) is 1.29. The summed E-state index contributed by atoms with van der Waals surface area (Å²) in [5, 5.41) is 0. The molecule has 1 rings (SSSR count). The van der Waals surface area contributed by atoms with Crippen LogP contribution < -0.4 is 0 Å². The second-order valence-corrected chi connectivity index (χ2v) is 4.93. The molecule has 0 spiro atoms. The standard InChI is InChI=1S/C10H19NO2S/c1-9(2)7-14-8-10(12)11-3-5-13-6-4-11/h9H,3-8H2,1-2H3. The summed E-state index contributed by atoms with van der Waals surface area (Å²) in [6, 6.07) is 0. The summed E-state index contributed by atoms with van der Waals surface area (Å²) >= 11 is 1.73. The van der Waals surface area contributed by atoms with Crippen molar-refractivity contribution >= 4 is 17.7 Å². The lowest BCUT2D eigenvalue weighted by molar-refractivity contribution is -0.132. The van der Waals surface area contributed by atoms with E-state index in [-0.39, 0.29) is 5.91 Å². The number of amides is 1. The van der Waals surface area contributed by atoms with Gasteiger partial charge in [-0.2, -0.15) is 11.8 Å². The maximum Gasteiger partial charge on any atom is 0.232 e. The van der Waals surface area contributed by atoms with E-state index in [1.165, 1.54) is 0 Å². The van der Waals surface area contributed by atoms with Crippen molar-refractivity contribution in [2.45, 2.75) is 13.8 Å². The number of ether oxygens (including phenoxy) is 1. The highest BCUT2D eigenvalue weighted by Crippen LogP contribution is 2.09. The van der Waals surface area contributed by atoms with E-state index < -0.39 is 0 Å². The lowest BCUT2D eigenvalue weighted by atomic mass is 10.3. The van der Waals surface area contributed by atoms with E-state index in [0.29, 0.717) is 24.9 Å². The van der Waals surface area contributed by atoms with Gasteiger partial charge < -0.3 is 9.64 Å². The lowest BCUT2D eigenvalue weighted by Gasteiger charge is -2.26. The summed E-state index contributed by atoms with van der Waals surface area (Å²) in [6.45, 7) is 7.27. The molecule has 4 heteroatoms. The molecule has 0 aromatic carbocycles. The zero-order valence-corrected chi connectivity index (χ0v) is 9.81. The van der Waals surface area contributed by atoms with Crippen LogP contribution in [0, 0.1) is 5.92 Å². The number of hydrogen-bond acceptors (Lipinski definition) is 3. The highest BCUT2D eigenvalue weighted by molar-refractivity contribution is 7.99. The van der Waals surface area contributed by atoms with Crippen LogP contribution in [0.4, 0.5) is 0 Å². The SMILES string of the molecule is CC(C)CSCC(=O)N1CCOCC1. The molecule has 0 aliphatic carbocycles. The van der Waals surface area contributed by atoms with E-state index in [9.17, 15) is 4.79 Å². The van der Waals surface area contributed by atoms with Crippen molar-refractivity contribution in [3.8, 4) is 0 Å². The Morgan fingerprint density at radius 2 is 2.07 bits per heavy atom. The van der Waals surface area contributed by atoms with Crippen LogP contribution in [0.15, 0.2) is 0 Å². The molecule has 1 amide bonds. The van der Waals surface area contributed by atoms with Crippen LogP contribution in [0.25, 0.3) is 0 Å². The number of morpholine rings is 1. The van der Waals surface area contributed by atoms with Crippen LogP contribution in [0.3, 0.4) is 0 Å². The van der Waals surface area contributed by atoms with Gasteiger partial charge in [0.15, 0.2) is 0 Å². The Bertz CT molecular complexity index is 179. The third-order valence-electron chi connectivity index (χ3n) is 2.04. The zero-order valence-electron chi connectivity index (χ0n) is 8.99. The van der Waals surface area contributed by atoms with Gasteiger partial charge in [0.05, 0.1) is 19.0 Å². The van der Waals surface area contributed by atoms with E-state index in [4.69, 9.17) is 4.74 Å². The van der Waals surface area contributed by atoms with Crippen LogP contribution in [0.5, 0.6) is 0 Å². The van der Waals surface area contributed by atoms with Gasteiger partial charge in [-0.3, -0.25) is 4.79 Å². The molecule has 82 valence electrons. The number of carbonyl (C=O) groups is 1. The van der Waals surface area contributed by atoms with E-state index >= 15 is 0 Å². The Hall–Kier alpha value is -0.220. The van der Waals surface area contributed by atoms with Crippen LogP contribution >= 0.6 is 11.8 Å². The van der Waals surface area contributed by atoms with E-state index in [0.717, 1.165) is 18.8 Å². The highest BCUT2D eigenvalue weighted by Gasteiger charge is 2.16. The van der Waals surface area contributed by atoms with Gasteiger partial charge in [-0.1, -0.05) is 13.8 Å². The van der Waals surface area contributed by atoms with E-state index in [1.807, 2.05) is 4.90 Å². The second kappa shape index (κ2) is 6.30. The topological polar surface area (TPSA) is 29.5 Å². The van der Waals surface area contributed by atoms with Crippen molar-refractivity contribution in [1.29, 1.82) is 0 Å². The Morgan fingerprint density at radius 1 is 1.43 bits per heavy atom. The minimum absolute atomic E-state index is 0.263. The predicted octanol–water partition coefficient (Wildman–Crippen LogP) is 1.23. The molecule has 0 aromatic heterocycles. The zero-order chi connectivity index (χ0) is 10.4. The van der Waals surface area contributed by atoms with E-state index in [2.05, 4.69) is 13.8 Å². The van der Waals surface area contributed by atoms with Crippen molar-refractivity contribution in [3.63, 3.8) is 0 Å². The molecule has 0 atom stereocenters. The Labute approximate surface area is 90.2 Å². The van der Waals surface area contributed by atoms with Gasteiger partial charge in [-0.05, 0) is 11.7 Å². The van der Waals surface area contributed by atoms with Gasteiger partial charge in [-0.15, -0.1) is 0 Å². The van der Waals surface area contributed by atoms with Gasteiger partial charge >= 0.3 is 0 Å². The average molecular weight is 217 g/mol. The van der Waals surface area contributed by atoms with Crippen molar-refractivity contribution in [3.05, 3.63) is 0 Å². The number of carbonyl (C=O) groups excluding carboxylic acids is 1. The summed E-state index contributed by atoms with van der Waals surface area (Å²) in [4.78, 5) is 13.5. The maximum absolute atomic E-state index is 11.6. The molecule has 0 aromatic rings. The quantitative estimate of drug-likeness (QED) is 0.709. The summed E-state index contributed by atoms with van der Waals surface area (Å²) < 4.78 is 5.19. The molecule has 0 bridgehead atoms. The first-order valence-electron chi connectivity index (χ1n) is 5.13. The van der Waals surface area contributed by atoms with Gasteiger partial charge in [-0.25, -0.2) is 0 Å². The van der Waals surface area contributed by atoms with Crippen molar-refractivity contribution in [1.82, 2.24) is 4.90 Å². The third kappa shape index (κ3) is 4.33. The highest BCUT2D eigenvalue weighted by atomic mass is 32.2. The summed E-state index contributed by atoms with van der Waals surface area (Å²) in [7, 11) is 0. The Balaban J connectivity index is 2.13. The average Bonchev–Trinajstić information content (AvgIpc) is 2.18. The fraction of sp³-hybridized carbons (Fsp3) is 0.900. The second-order valence-electron chi connectivity index (χ2n) is 3.90. The minimum Gasteiger partial charge on any atom is -0.378 e. The summed E-state index contributed by atoms with van der Waals surface area (Å²) in [6.07, 6.45) is 0. The summed E-state index contributed by atoms with van der Waals surface area (Å²) in [5.74, 6) is 2.62. The van der Waals surface area contributed by atoms with Gasteiger partial charge in [0.1, 0.15) is 0 Å². The molecule has 1 aliphatic heterocycles. The number of thioether (sulfide) groups is 1. The fourth-order valence-corrected chi connectivity index (χ4v) is 2.23. The molecular weight excluding hydrogens is 198 g/mol. The first kappa shape index (κ1) is 11.9. The maximum atomic E-state index is 11.6. The van der Waals surface area contributed by atoms with Gasteiger partial charge in [0.25, 0.3) is 0 Å². The van der Waals surface area contributed by atoms with Gasteiger partial charge in [0.2, 0.25) is 5.91 Å². The largest absolute Gasteiger partial charge is 0.378 e. The lowest BCUT2D eigenvalue weighted by Crippen LogP contribution is -2.41. The predicted molar refractivity (Wildman–Crippen MR) is 59.6 cm³/mol. The molecule has 0 N–H and O–H groups in total. The van der Waals surface area contributed by atoms with Crippen molar-refractivity contribution in [2.75, 3.05) is 37.8 Å². The third-order valence-corrected chi connectivity index (χ3v) is 3.39. The minimum atomic E-state index is 0.263. The number of hydrogen-bond donors (Lipinski definition) is 0. The smallest absolute Gasteiger partial charge is 0.232 e. The molecule has 1 aliphatic rings. The number of nitrogens with zero attached hydrogens (tertiary/aromatic N) is 1. The van der Waals surface area contributed by atoms with Crippen LogP contribution in [-0.4, -0.2) is 48.6 Å². The monoisotopic (exact) mass is 217 g/mol. The summed E-state index contributed by atoms with van der Waals surface area (Å²) in [5.41, 5.74) is 0. The van der Waals surface area contributed by atoms with Crippen molar-refractivity contribution < 1.29 is 9.53 Å². The normalized spacial score (nSPS) is 17.5. The van der Waals surface area contributed by atoms with Crippen LogP contribution in [-0.2, 0) is 9.53 Å². The first-order chi connectivity index (χ1) is 6.70. The van der Waals surface area contributed by atoms with Crippen LogP contribution in [0.2, 0.25) is 0 Å². The molecule has 3 nitrogen and oxygen atoms in total. The molecule has 0 saturated carbocycles. The Morgan fingerprint density at radius 3 is 2.64 bits per heavy atom. The molecule has 0 unspecified atom stereocenters. The van der Waals surface area contributed by atoms with Crippen molar-refractivity contribution in [2.24, 2.45) is 5.92 Å². The first-order valence-corrected chi connectivity index (χ1v) is 6.29. The molecular formula is C10H19NO2S.